The summed E-state index contributed by atoms with van der Waals surface area (Å²) in [5.41, 5.74) is 6.98. The Morgan fingerprint density at radius 3 is 2.72 bits per heavy atom. The molecule has 2 heterocycles. The van der Waals surface area contributed by atoms with Gasteiger partial charge in [-0.05, 0) is 37.8 Å². The first-order chi connectivity index (χ1) is 14.1. The predicted octanol–water partition coefficient (Wildman–Crippen LogP) is 3.27. The second-order valence-electron chi connectivity index (χ2n) is 6.96. The van der Waals surface area contributed by atoms with Crippen molar-refractivity contribution in [2.45, 2.75) is 37.8 Å². The highest BCUT2D eigenvalue weighted by molar-refractivity contribution is 5.71. The molecule has 2 aromatic heterocycles. The molecule has 29 heavy (non-hydrogen) atoms. The largest absolute Gasteiger partial charge is 0.490 e. The highest BCUT2D eigenvalue weighted by atomic mass is 19.1. The van der Waals surface area contributed by atoms with Gasteiger partial charge in [0, 0.05) is 12.1 Å². The van der Waals surface area contributed by atoms with Crippen LogP contribution in [0.15, 0.2) is 36.7 Å². The van der Waals surface area contributed by atoms with Crippen LogP contribution in [0.4, 0.5) is 16.0 Å². The molecule has 0 unspecified atom stereocenters. The number of anilines is 2. The maximum Gasteiger partial charge on any atom is 0.158 e. The van der Waals surface area contributed by atoms with Crippen LogP contribution < -0.4 is 15.8 Å². The van der Waals surface area contributed by atoms with Gasteiger partial charge in [-0.3, -0.25) is 5.10 Å². The minimum absolute atomic E-state index is 0.0183. The van der Waals surface area contributed by atoms with Crippen molar-refractivity contribution in [3.63, 3.8) is 0 Å². The molecular weight excluding hydrogens is 373 g/mol. The lowest BCUT2D eigenvalue weighted by Gasteiger charge is -2.27. The fourth-order valence-electron chi connectivity index (χ4n) is 3.35. The lowest BCUT2D eigenvalue weighted by molar-refractivity contribution is 0.147. The molecule has 4 N–H and O–H groups in total. The van der Waals surface area contributed by atoms with Gasteiger partial charge in [0.1, 0.15) is 23.5 Å². The molecule has 8 nitrogen and oxygen atoms in total. The van der Waals surface area contributed by atoms with Crippen LogP contribution in [0.3, 0.4) is 0 Å². The van der Waals surface area contributed by atoms with Gasteiger partial charge in [-0.15, -0.1) is 0 Å². The van der Waals surface area contributed by atoms with Crippen molar-refractivity contribution in [3.8, 4) is 23.1 Å². The van der Waals surface area contributed by atoms with Crippen molar-refractivity contribution in [2.24, 2.45) is 5.73 Å². The van der Waals surface area contributed by atoms with E-state index in [0.29, 0.717) is 28.6 Å². The van der Waals surface area contributed by atoms with E-state index < -0.39 is 5.82 Å². The number of hydrogen-bond acceptors (Lipinski definition) is 7. The number of nitrogens with one attached hydrogen (secondary N) is 2. The summed E-state index contributed by atoms with van der Waals surface area (Å²) < 4.78 is 20.8. The summed E-state index contributed by atoms with van der Waals surface area (Å²) in [5.74, 6) is 0.935. The zero-order valence-corrected chi connectivity index (χ0v) is 15.6. The molecule has 0 amide bonds. The van der Waals surface area contributed by atoms with Gasteiger partial charge in [0.05, 0.1) is 29.8 Å². The second-order valence-corrected chi connectivity index (χ2v) is 6.96. The SMILES string of the molecule is N#Cc1cnc(Nc2cc(-c3c(F)cccc3OC3CCC(N)CC3)[nH]n2)cn1. The number of nitrogens with zero attached hydrogens (tertiary/aromatic N) is 4. The molecule has 1 aliphatic carbocycles. The van der Waals surface area contributed by atoms with Crippen molar-refractivity contribution in [3.05, 3.63) is 48.2 Å². The van der Waals surface area contributed by atoms with Gasteiger partial charge in [-0.2, -0.15) is 10.4 Å². The van der Waals surface area contributed by atoms with E-state index in [0.717, 1.165) is 25.7 Å². The topological polar surface area (TPSA) is 126 Å². The quantitative estimate of drug-likeness (QED) is 0.607. The molecule has 0 radical (unpaired) electrons. The molecule has 0 saturated heterocycles. The molecule has 148 valence electrons. The first kappa shape index (κ1) is 18.8. The highest BCUT2D eigenvalue weighted by Crippen LogP contribution is 2.35. The van der Waals surface area contributed by atoms with Crippen LogP contribution in [-0.4, -0.2) is 32.3 Å². The molecule has 9 heteroatoms. The van der Waals surface area contributed by atoms with Crippen molar-refractivity contribution in [2.75, 3.05) is 5.32 Å². The summed E-state index contributed by atoms with van der Waals surface area (Å²) in [6.07, 6.45) is 6.31. The minimum Gasteiger partial charge on any atom is -0.490 e. The minimum atomic E-state index is -0.400. The number of H-pyrrole nitrogens is 1. The van der Waals surface area contributed by atoms with Gasteiger partial charge in [0.25, 0.3) is 0 Å². The predicted molar refractivity (Wildman–Crippen MR) is 105 cm³/mol. The van der Waals surface area contributed by atoms with Crippen molar-refractivity contribution in [1.29, 1.82) is 5.26 Å². The van der Waals surface area contributed by atoms with Crippen LogP contribution in [0.25, 0.3) is 11.3 Å². The first-order valence-corrected chi connectivity index (χ1v) is 9.38. The average Bonchev–Trinajstić information content (AvgIpc) is 3.18. The molecule has 0 bridgehead atoms. The Hall–Kier alpha value is -3.51. The summed E-state index contributed by atoms with van der Waals surface area (Å²) in [4.78, 5) is 8.03. The average molecular weight is 393 g/mol. The first-order valence-electron chi connectivity index (χ1n) is 9.38. The Labute approximate surface area is 166 Å². The van der Waals surface area contributed by atoms with Gasteiger partial charge < -0.3 is 15.8 Å². The molecule has 1 saturated carbocycles. The summed E-state index contributed by atoms with van der Waals surface area (Å²) in [6, 6.07) is 8.57. The van der Waals surface area contributed by atoms with Crippen LogP contribution in [-0.2, 0) is 0 Å². The van der Waals surface area contributed by atoms with Gasteiger partial charge in [-0.25, -0.2) is 14.4 Å². The molecule has 0 aliphatic heterocycles. The molecule has 1 fully saturated rings. The van der Waals surface area contributed by atoms with E-state index in [1.54, 1.807) is 18.2 Å². The van der Waals surface area contributed by atoms with Gasteiger partial charge in [0.2, 0.25) is 0 Å². The molecule has 0 atom stereocenters. The molecule has 1 aliphatic rings. The Kier molecular flexibility index (Phi) is 5.35. The fraction of sp³-hybridized carbons (Fsp3) is 0.300. The number of benzene rings is 1. The van der Waals surface area contributed by atoms with Crippen molar-refractivity contribution >= 4 is 11.6 Å². The van der Waals surface area contributed by atoms with E-state index in [9.17, 15) is 4.39 Å². The zero-order valence-electron chi connectivity index (χ0n) is 15.6. The van der Waals surface area contributed by atoms with E-state index in [2.05, 4.69) is 25.5 Å². The van der Waals surface area contributed by atoms with Crippen LogP contribution >= 0.6 is 0 Å². The smallest absolute Gasteiger partial charge is 0.158 e. The van der Waals surface area contributed by atoms with E-state index in [4.69, 9.17) is 15.7 Å². The van der Waals surface area contributed by atoms with Crippen molar-refractivity contribution < 1.29 is 9.13 Å². The molecule has 0 spiro atoms. The summed E-state index contributed by atoms with van der Waals surface area (Å²) in [5, 5.41) is 18.8. The van der Waals surface area contributed by atoms with E-state index >= 15 is 0 Å². The Balaban J connectivity index is 1.54. The number of rotatable bonds is 5. The fourth-order valence-corrected chi connectivity index (χ4v) is 3.35. The number of aromatic nitrogens is 4. The standard InChI is InChI=1S/C20H20FN7O/c21-15-2-1-3-17(29-14-6-4-12(23)5-7-14)20(15)16-8-18(28-27-16)26-19-11-24-13(9-22)10-25-19/h1-3,8,10-12,14H,4-7,23H2,(H2,25,26,27,28). The highest BCUT2D eigenvalue weighted by Gasteiger charge is 2.22. The maximum absolute atomic E-state index is 14.7. The zero-order chi connectivity index (χ0) is 20.2. The number of hydrogen-bond donors (Lipinski definition) is 3. The Morgan fingerprint density at radius 2 is 2.00 bits per heavy atom. The molecule has 1 aromatic carbocycles. The summed E-state index contributed by atoms with van der Waals surface area (Å²) >= 11 is 0. The normalized spacial score (nSPS) is 18.8. The maximum atomic E-state index is 14.7. The monoisotopic (exact) mass is 393 g/mol. The number of aromatic amines is 1. The van der Waals surface area contributed by atoms with Gasteiger partial charge in [0.15, 0.2) is 11.5 Å². The van der Waals surface area contributed by atoms with Crippen LogP contribution in [0.5, 0.6) is 5.75 Å². The van der Waals surface area contributed by atoms with E-state index in [1.807, 2.05) is 6.07 Å². The lowest BCUT2D eigenvalue weighted by Crippen LogP contribution is -2.31. The molecule has 3 aromatic rings. The Bertz CT molecular complexity index is 1020. The number of ether oxygens (including phenoxy) is 1. The third-order valence-electron chi connectivity index (χ3n) is 4.86. The van der Waals surface area contributed by atoms with Gasteiger partial charge >= 0.3 is 0 Å². The van der Waals surface area contributed by atoms with Crippen LogP contribution in [0, 0.1) is 17.1 Å². The van der Waals surface area contributed by atoms with Crippen LogP contribution in [0.2, 0.25) is 0 Å². The second kappa shape index (κ2) is 8.24. The number of nitriles is 1. The Morgan fingerprint density at radius 1 is 1.17 bits per heavy atom. The third kappa shape index (κ3) is 4.33. The third-order valence-corrected chi connectivity index (χ3v) is 4.86. The summed E-state index contributed by atoms with van der Waals surface area (Å²) in [6.45, 7) is 0. The summed E-state index contributed by atoms with van der Waals surface area (Å²) in [7, 11) is 0. The van der Waals surface area contributed by atoms with E-state index in [1.165, 1.54) is 18.5 Å². The molecular formula is C20H20FN7O. The lowest BCUT2D eigenvalue weighted by atomic mass is 9.93. The van der Waals surface area contributed by atoms with E-state index in [-0.39, 0.29) is 17.8 Å². The van der Waals surface area contributed by atoms with Gasteiger partial charge in [-0.1, -0.05) is 6.07 Å². The number of halogens is 1. The number of nitrogens with two attached hydrogens (primary N) is 1. The van der Waals surface area contributed by atoms with Crippen LogP contribution in [0.1, 0.15) is 31.4 Å². The van der Waals surface area contributed by atoms with Crippen molar-refractivity contribution in [1.82, 2.24) is 20.2 Å². The molecule has 4 rings (SSSR count).